The topological polar surface area (TPSA) is 136 Å². The van der Waals surface area contributed by atoms with Crippen LogP contribution in [0.3, 0.4) is 0 Å². The monoisotopic (exact) mass is 504 g/mol. The first-order valence-electron chi connectivity index (χ1n) is 12.9. The first-order chi connectivity index (χ1) is 17.7. The van der Waals surface area contributed by atoms with Crippen molar-refractivity contribution in [1.29, 1.82) is 0 Å². The minimum atomic E-state index is -1.39. The summed E-state index contributed by atoms with van der Waals surface area (Å²) in [6.07, 6.45) is 2.32. The van der Waals surface area contributed by atoms with Gasteiger partial charge in [0, 0.05) is 23.8 Å². The normalized spacial score (nSPS) is 33.4. The number of aliphatic hydroxyl groups is 1. The van der Waals surface area contributed by atoms with Crippen LogP contribution in [0, 0.1) is 11.8 Å². The number of anilines is 1. The maximum absolute atomic E-state index is 13.9. The van der Waals surface area contributed by atoms with Gasteiger partial charge in [0.1, 0.15) is 5.92 Å². The van der Waals surface area contributed by atoms with Gasteiger partial charge in [-0.05, 0) is 80.5 Å². The Balaban J connectivity index is 1.28. The minimum absolute atomic E-state index is 0.0366. The third-order valence-corrected chi connectivity index (χ3v) is 9.35. The number of aromatic hydroxyl groups is 1. The van der Waals surface area contributed by atoms with Gasteiger partial charge in [0.25, 0.3) is 0 Å². The molecule has 2 bridgehead atoms. The molecular formula is C28H28N2O7. The predicted molar refractivity (Wildman–Crippen MR) is 131 cm³/mol. The molecule has 2 saturated carbocycles. The second-order valence-corrected chi connectivity index (χ2v) is 11.3. The van der Waals surface area contributed by atoms with Gasteiger partial charge in [0.2, 0.25) is 5.91 Å². The van der Waals surface area contributed by atoms with Gasteiger partial charge in [-0.1, -0.05) is 6.07 Å². The highest BCUT2D eigenvalue weighted by molar-refractivity contribution is 6.10. The number of Topliss-reactive ketones (excluding diaryl/α,β-unsaturated/α-hetero) is 1. The van der Waals surface area contributed by atoms with Crippen LogP contribution in [0.2, 0.25) is 0 Å². The Hall–Kier alpha value is -3.43. The lowest BCUT2D eigenvalue weighted by Crippen LogP contribution is -2.78. The van der Waals surface area contributed by atoms with E-state index in [2.05, 4.69) is 10.2 Å². The van der Waals surface area contributed by atoms with Gasteiger partial charge in [0.15, 0.2) is 23.4 Å². The number of carbonyl (C=O) groups excluding carboxylic acids is 2. The lowest BCUT2D eigenvalue weighted by molar-refractivity contribution is -0.197. The number of phenols is 1. The number of carbonyl (C=O) groups is 3. The number of aromatic carboxylic acids is 1. The van der Waals surface area contributed by atoms with Crippen LogP contribution in [-0.4, -0.2) is 68.7 Å². The van der Waals surface area contributed by atoms with E-state index in [0.717, 1.165) is 24.2 Å². The van der Waals surface area contributed by atoms with Gasteiger partial charge in [-0.15, -0.1) is 0 Å². The van der Waals surface area contributed by atoms with Crippen LogP contribution in [0.25, 0.3) is 0 Å². The molecule has 5 aliphatic rings. The molecule has 2 heterocycles. The Kier molecular flexibility index (Phi) is 4.64. The summed E-state index contributed by atoms with van der Waals surface area (Å²) >= 11 is 0. The zero-order valence-electron chi connectivity index (χ0n) is 20.1. The molecule has 0 radical (unpaired) electrons. The Bertz CT molecular complexity index is 1350. The number of benzene rings is 2. The van der Waals surface area contributed by atoms with Crippen LogP contribution in [0.1, 0.15) is 47.2 Å². The van der Waals surface area contributed by atoms with E-state index in [1.807, 2.05) is 6.07 Å². The van der Waals surface area contributed by atoms with Crippen molar-refractivity contribution in [2.75, 3.05) is 18.4 Å². The van der Waals surface area contributed by atoms with E-state index in [-0.39, 0.29) is 29.5 Å². The number of hydrogen-bond donors (Lipinski definition) is 4. The number of nitrogens with one attached hydrogen (secondary N) is 1. The highest BCUT2D eigenvalue weighted by Gasteiger charge is 2.75. The van der Waals surface area contributed by atoms with Gasteiger partial charge in [-0.25, -0.2) is 4.79 Å². The lowest BCUT2D eigenvalue weighted by atomic mass is 9.47. The quantitative estimate of drug-likeness (QED) is 0.455. The number of ether oxygens (including phenoxy) is 1. The smallest absolute Gasteiger partial charge is 0.335 e. The van der Waals surface area contributed by atoms with E-state index < -0.39 is 40.7 Å². The molecule has 2 aromatic rings. The molecule has 1 spiro atoms. The van der Waals surface area contributed by atoms with Crippen molar-refractivity contribution in [3.05, 3.63) is 53.1 Å². The van der Waals surface area contributed by atoms with Gasteiger partial charge in [0.05, 0.1) is 16.6 Å². The Morgan fingerprint density at radius 2 is 1.89 bits per heavy atom. The summed E-state index contributed by atoms with van der Waals surface area (Å²) in [6, 6.07) is 8.90. The molecule has 3 fully saturated rings. The third kappa shape index (κ3) is 3.01. The second kappa shape index (κ2) is 7.55. The molecule has 7 rings (SSSR count). The zero-order chi connectivity index (χ0) is 25.7. The van der Waals surface area contributed by atoms with E-state index in [0.29, 0.717) is 24.4 Å². The fraction of sp³-hybridized carbons (Fsp3) is 0.464. The summed E-state index contributed by atoms with van der Waals surface area (Å²) in [6.45, 7) is 1.60. The van der Waals surface area contributed by atoms with E-state index in [1.54, 1.807) is 6.07 Å². The van der Waals surface area contributed by atoms with Gasteiger partial charge >= 0.3 is 5.97 Å². The number of nitrogens with zero attached hydrogens (tertiary/aromatic N) is 1. The molecule has 5 atom stereocenters. The van der Waals surface area contributed by atoms with Crippen molar-refractivity contribution >= 4 is 23.3 Å². The molecule has 192 valence electrons. The fourth-order valence-corrected chi connectivity index (χ4v) is 7.45. The Morgan fingerprint density at radius 3 is 2.59 bits per heavy atom. The summed E-state index contributed by atoms with van der Waals surface area (Å²) in [5.74, 6) is -2.37. The predicted octanol–water partition coefficient (Wildman–Crippen LogP) is 2.09. The first-order valence-corrected chi connectivity index (χ1v) is 12.9. The van der Waals surface area contributed by atoms with Crippen molar-refractivity contribution < 1.29 is 34.4 Å². The molecule has 9 nitrogen and oxygen atoms in total. The van der Waals surface area contributed by atoms with Crippen LogP contribution in [0.15, 0.2) is 36.4 Å². The van der Waals surface area contributed by atoms with Gasteiger partial charge < -0.3 is 25.4 Å². The summed E-state index contributed by atoms with van der Waals surface area (Å²) in [7, 11) is 0. The van der Waals surface area contributed by atoms with Gasteiger partial charge in [-0.3, -0.25) is 14.5 Å². The number of carboxylic acid groups (broad SMARTS) is 1. The van der Waals surface area contributed by atoms with Crippen molar-refractivity contribution in [2.45, 2.75) is 55.3 Å². The molecule has 0 aromatic heterocycles. The molecule has 9 heteroatoms. The van der Waals surface area contributed by atoms with Crippen LogP contribution in [0.5, 0.6) is 11.5 Å². The summed E-state index contributed by atoms with van der Waals surface area (Å²) < 4.78 is 6.16. The number of likely N-dealkylation sites (tertiary alicyclic amines) is 1. The van der Waals surface area contributed by atoms with Crippen LogP contribution in [-0.2, 0) is 21.4 Å². The van der Waals surface area contributed by atoms with Crippen LogP contribution in [0.4, 0.5) is 5.69 Å². The summed E-state index contributed by atoms with van der Waals surface area (Å²) in [5, 5.41) is 35.1. The Morgan fingerprint density at radius 1 is 1.14 bits per heavy atom. The number of carboxylic acids is 1. The highest BCUT2D eigenvalue weighted by atomic mass is 16.5. The van der Waals surface area contributed by atoms with Crippen molar-refractivity contribution in [3.63, 3.8) is 0 Å². The Labute approximate surface area is 213 Å². The number of ketones is 1. The van der Waals surface area contributed by atoms with Crippen LogP contribution < -0.4 is 10.1 Å². The zero-order valence-corrected chi connectivity index (χ0v) is 20.1. The number of piperidine rings is 1. The number of rotatable bonds is 5. The average Bonchev–Trinajstić information content (AvgIpc) is 3.61. The maximum atomic E-state index is 13.9. The molecule has 3 aliphatic carbocycles. The molecule has 1 saturated heterocycles. The molecule has 1 amide bonds. The third-order valence-electron chi connectivity index (χ3n) is 9.35. The second-order valence-electron chi connectivity index (χ2n) is 11.3. The minimum Gasteiger partial charge on any atom is -0.504 e. The largest absolute Gasteiger partial charge is 0.504 e. The standard InChI is InChI=1S/C28H28N2O7/c31-19-8-5-16-11-20-28(36)12-18(25(33)29-17-6-3-15(4-7-17)26(34)35)22(32)24-27(28,21(16)23(19)37-24)9-10-30(20)13-14-1-2-14/h3-8,14,18,20,24,31,36H,1-2,9-13H2,(H,29,33)(H,34,35)/t18?,20-,24+,27+,28-/m1/s1. The molecule has 37 heavy (non-hydrogen) atoms. The van der Waals surface area contributed by atoms with Crippen LogP contribution >= 0.6 is 0 Å². The molecule has 2 aromatic carbocycles. The highest BCUT2D eigenvalue weighted by Crippen LogP contribution is 2.65. The summed E-state index contributed by atoms with van der Waals surface area (Å²) in [4.78, 5) is 40.8. The number of hydrogen-bond acceptors (Lipinski definition) is 7. The number of amides is 1. The molecular weight excluding hydrogens is 476 g/mol. The summed E-state index contributed by atoms with van der Waals surface area (Å²) in [5.41, 5.74) is -0.221. The van der Waals surface area contributed by atoms with E-state index in [9.17, 15) is 24.6 Å². The van der Waals surface area contributed by atoms with E-state index in [4.69, 9.17) is 9.84 Å². The molecule has 1 unspecified atom stereocenters. The van der Waals surface area contributed by atoms with Crippen molar-refractivity contribution in [1.82, 2.24) is 4.90 Å². The SMILES string of the molecule is O=C(O)c1ccc(NC(=O)C2C[C@@]3(O)[C@H]4Cc5ccc(O)c6c5[C@@]3(CCN4CC3CC3)[C@@H](O6)C2=O)cc1. The maximum Gasteiger partial charge on any atom is 0.335 e. The number of phenolic OH excluding ortho intramolecular Hbond substituents is 1. The molecule has 2 aliphatic heterocycles. The van der Waals surface area contributed by atoms with Crippen molar-refractivity contribution in [2.24, 2.45) is 11.8 Å². The fourth-order valence-electron chi connectivity index (χ4n) is 7.45. The van der Waals surface area contributed by atoms with Crippen molar-refractivity contribution in [3.8, 4) is 11.5 Å². The molecule has 4 N–H and O–H groups in total. The van der Waals surface area contributed by atoms with Gasteiger partial charge in [-0.2, -0.15) is 0 Å². The van der Waals surface area contributed by atoms with E-state index in [1.165, 1.54) is 37.1 Å². The lowest BCUT2D eigenvalue weighted by Gasteiger charge is -2.63. The van der Waals surface area contributed by atoms with E-state index >= 15 is 0 Å². The average molecular weight is 505 g/mol. The first kappa shape index (κ1) is 22.7.